The summed E-state index contributed by atoms with van der Waals surface area (Å²) in [5.74, 6) is 1.34. The highest BCUT2D eigenvalue weighted by Gasteiger charge is 2.54. The summed E-state index contributed by atoms with van der Waals surface area (Å²) in [6.07, 6.45) is 2.64. The van der Waals surface area contributed by atoms with Crippen LogP contribution in [0.2, 0.25) is 0 Å². The van der Waals surface area contributed by atoms with Crippen molar-refractivity contribution in [3.63, 3.8) is 0 Å². The van der Waals surface area contributed by atoms with Crippen LogP contribution in [0.15, 0.2) is 82.3 Å². The number of aliphatic hydroxyl groups excluding tert-OH is 2. The summed E-state index contributed by atoms with van der Waals surface area (Å²) in [6.45, 7) is 0.473. The molecule has 1 fully saturated rings. The summed E-state index contributed by atoms with van der Waals surface area (Å²) in [4.78, 5) is 19.5. The number of aliphatic hydroxyl groups is 2. The summed E-state index contributed by atoms with van der Waals surface area (Å²) in [5, 5.41) is 19.0. The van der Waals surface area contributed by atoms with Gasteiger partial charge in [0.25, 0.3) is 5.91 Å². The Hall–Kier alpha value is -3.44. The topological polar surface area (TPSA) is 122 Å². The van der Waals surface area contributed by atoms with Gasteiger partial charge in [-0.1, -0.05) is 46.3 Å². The summed E-state index contributed by atoms with van der Waals surface area (Å²) in [6, 6.07) is 22.7. The van der Waals surface area contributed by atoms with Gasteiger partial charge in [-0.05, 0) is 79.3 Å². The van der Waals surface area contributed by atoms with Crippen LogP contribution in [0.25, 0.3) is 0 Å². The SMILES string of the molecule is COc1cccc([C@@H]2OC(c3ccc(OCCCO)cc3)=N[C@]2(Cc2ccccc2Br)C(=O)NNC2CCC(O)CC2)c1. The lowest BCUT2D eigenvalue weighted by Crippen LogP contribution is -2.56. The molecule has 3 aromatic rings. The van der Waals surface area contributed by atoms with Crippen LogP contribution < -0.4 is 20.3 Å². The number of ether oxygens (including phenoxy) is 3. The molecule has 3 aromatic carbocycles. The molecule has 0 unspecified atom stereocenters. The Morgan fingerprint density at radius 3 is 2.53 bits per heavy atom. The van der Waals surface area contributed by atoms with E-state index in [1.54, 1.807) is 7.11 Å². The second-order valence-electron chi connectivity index (χ2n) is 10.9. The number of hydrogen-bond acceptors (Lipinski definition) is 8. The summed E-state index contributed by atoms with van der Waals surface area (Å²) in [5.41, 5.74) is 7.20. The zero-order chi connectivity index (χ0) is 30.2. The van der Waals surface area contributed by atoms with Crippen LogP contribution in [0.1, 0.15) is 54.9 Å². The molecule has 9 nitrogen and oxygen atoms in total. The lowest BCUT2D eigenvalue weighted by atomic mass is 9.82. The number of nitrogens with one attached hydrogen (secondary N) is 2. The fourth-order valence-electron chi connectivity index (χ4n) is 5.52. The standard InChI is InChI=1S/C33H38BrN3O6/c1-41-28-8-4-7-23(20-28)30-33(21-24-6-2-3-9-29(24)34,32(40)37-36-25-12-14-26(39)15-13-25)35-31(43-30)22-10-16-27(17-11-22)42-19-5-18-38/h2-4,6-11,16-17,20,25-26,30,36,38-39H,5,12-15,18-19,21H2,1H3,(H,37,40)/t25?,26?,30-,33-/m0/s1. The number of benzene rings is 3. The molecular formula is C33H38BrN3O6. The highest BCUT2D eigenvalue weighted by Crippen LogP contribution is 2.44. The van der Waals surface area contributed by atoms with Crippen molar-refractivity contribution >= 4 is 27.7 Å². The molecule has 10 heteroatoms. The molecule has 1 amide bonds. The first-order chi connectivity index (χ1) is 20.9. The van der Waals surface area contributed by atoms with Crippen molar-refractivity contribution in [1.29, 1.82) is 0 Å². The van der Waals surface area contributed by atoms with Gasteiger partial charge in [-0.2, -0.15) is 0 Å². The minimum Gasteiger partial charge on any atom is -0.497 e. The van der Waals surface area contributed by atoms with Gasteiger partial charge in [-0.3, -0.25) is 10.2 Å². The minimum absolute atomic E-state index is 0.0484. The number of carbonyl (C=O) groups is 1. The van der Waals surface area contributed by atoms with Crippen LogP contribution in [0.5, 0.6) is 11.5 Å². The summed E-state index contributed by atoms with van der Waals surface area (Å²) < 4.78 is 18.7. The van der Waals surface area contributed by atoms with Crippen LogP contribution in [0.3, 0.4) is 0 Å². The first-order valence-corrected chi connectivity index (χ1v) is 15.4. The van der Waals surface area contributed by atoms with Gasteiger partial charge in [0.2, 0.25) is 5.90 Å². The van der Waals surface area contributed by atoms with E-state index in [0.29, 0.717) is 48.8 Å². The molecule has 1 aliphatic carbocycles. The van der Waals surface area contributed by atoms with Gasteiger partial charge in [-0.25, -0.2) is 10.4 Å². The van der Waals surface area contributed by atoms with Crippen LogP contribution >= 0.6 is 15.9 Å². The molecule has 0 spiro atoms. The predicted molar refractivity (Wildman–Crippen MR) is 167 cm³/mol. The molecule has 4 N–H and O–H groups in total. The molecule has 2 aliphatic rings. The highest BCUT2D eigenvalue weighted by atomic mass is 79.9. The van der Waals surface area contributed by atoms with Crippen molar-refractivity contribution < 1.29 is 29.2 Å². The molecule has 1 saturated carbocycles. The number of hydrazine groups is 1. The van der Waals surface area contributed by atoms with Gasteiger partial charge < -0.3 is 24.4 Å². The van der Waals surface area contributed by atoms with E-state index in [9.17, 15) is 9.90 Å². The van der Waals surface area contributed by atoms with Crippen molar-refractivity contribution in [2.24, 2.45) is 4.99 Å². The van der Waals surface area contributed by atoms with Crippen molar-refractivity contribution in [2.45, 2.75) is 62.3 Å². The average Bonchev–Trinajstić information content (AvgIpc) is 3.43. The van der Waals surface area contributed by atoms with Crippen molar-refractivity contribution in [2.75, 3.05) is 20.3 Å². The number of halogens is 1. The first kappa shape index (κ1) is 31.0. The van der Waals surface area contributed by atoms with Crippen LogP contribution in [0.4, 0.5) is 0 Å². The van der Waals surface area contributed by atoms with E-state index in [0.717, 1.165) is 28.4 Å². The Balaban J connectivity index is 1.53. The quantitative estimate of drug-likeness (QED) is 0.166. The smallest absolute Gasteiger partial charge is 0.266 e. The molecular weight excluding hydrogens is 614 g/mol. The van der Waals surface area contributed by atoms with Gasteiger partial charge >= 0.3 is 0 Å². The number of nitrogens with zero attached hydrogens (tertiary/aromatic N) is 1. The molecule has 1 aliphatic heterocycles. The van der Waals surface area contributed by atoms with E-state index in [1.165, 1.54) is 0 Å². The van der Waals surface area contributed by atoms with Crippen LogP contribution in [-0.4, -0.2) is 60.0 Å². The van der Waals surface area contributed by atoms with Gasteiger partial charge in [0.1, 0.15) is 11.5 Å². The highest BCUT2D eigenvalue weighted by molar-refractivity contribution is 9.10. The fraction of sp³-hybridized carbons (Fsp3) is 0.394. The van der Waals surface area contributed by atoms with Gasteiger partial charge in [0.05, 0.1) is 19.8 Å². The van der Waals surface area contributed by atoms with Crippen LogP contribution in [-0.2, 0) is 16.0 Å². The lowest BCUT2D eigenvalue weighted by Gasteiger charge is -2.33. The van der Waals surface area contributed by atoms with Crippen LogP contribution in [0, 0.1) is 0 Å². The largest absolute Gasteiger partial charge is 0.497 e. The van der Waals surface area contributed by atoms with Gasteiger partial charge in [0, 0.05) is 35.5 Å². The van der Waals surface area contributed by atoms with Gasteiger partial charge in [-0.15, -0.1) is 0 Å². The number of methoxy groups -OCH3 is 1. The van der Waals surface area contributed by atoms with E-state index < -0.39 is 11.6 Å². The summed E-state index contributed by atoms with van der Waals surface area (Å²) in [7, 11) is 1.60. The Labute approximate surface area is 260 Å². The Kier molecular flexibility index (Phi) is 10.3. The second kappa shape index (κ2) is 14.4. The zero-order valence-electron chi connectivity index (χ0n) is 24.2. The molecule has 1 heterocycles. The Morgan fingerprint density at radius 2 is 1.81 bits per heavy atom. The Morgan fingerprint density at radius 1 is 1.05 bits per heavy atom. The molecule has 0 saturated heterocycles. The second-order valence-corrected chi connectivity index (χ2v) is 11.8. The van der Waals surface area contributed by atoms with Crippen molar-refractivity contribution in [3.05, 3.63) is 94.0 Å². The molecule has 228 valence electrons. The number of hydrogen-bond donors (Lipinski definition) is 4. The van der Waals surface area contributed by atoms with E-state index in [4.69, 9.17) is 24.3 Å². The third-order valence-electron chi connectivity index (χ3n) is 7.93. The number of aliphatic imine (C=N–C) groups is 1. The molecule has 2 atom stereocenters. The third-order valence-corrected chi connectivity index (χ3v) is 8.70. The van der Waals surface area contributed by atoms with E-state index in [1.807, 2.05) is 72.8 Å². The first-order valence-electron chi connectivity index (χ1n) is 14.6. The maximum atomic E-state index is 14.4. The Bertz CT molecular complexity index is 1410. The maximum Gasteiger partial charge on any atom is 0.266 e. The monoisotopic (exact) mass is 651 g/mol. The molecule has 0 bridgehead atoms. The van der Waals surface area contributed by atoms with E-state index in [2.05, 4.69) is 26.8 Å². The molecule has 43 heavy (non-hydrogen) atoms. The maximum absolute atomic E-state index is 14.4. The molecule has 5 rings (SSSR count). The number of amides is 1. The molecule has 0 aromatic heterocycles. The number of carbonyl (C=O) groups excluding carboxylic acids is 1. The predicted octanol–water partition coefficient (Wildman–Crippen LogP) is 4.64. The summed E-state index contributed by atoms with van der Waals surface area (Å²) >= 11 is 3.67. The third kappa shape index (κ3) is 7.38. The van der Waals surface area contributed by atoms with Gasteiger partial charge in [0.15, 0.2) is 11.6 Å². The molecule has 0 radical (unpaired) electrons. The normalized spacial score (nSPS) is 23.3. The van der Waals surface area contributed by atoms with E-state index in [-0.39, 0.29) is 31.1 Å². The number of rotatable bonds is 12. The average molecular weight is 653 g/mol. The van der Waals surface area contributed by atoms with Crippen molar-refractivity contribution in [3.8, 4) is 11.5 Å². The lowest BCUT2D eigenvalue weighted by molar-refractivity contribution is -0.130. The van der Waals surface area contributed by atoms with Crippen molar-refractivity contribution in [1.82, 2.24) is 10.9 Å². The fourth-order valence-corrected chi connectivity index (χ4v) is 5.94. The van der Waals surface area contributed by atoms with E-state index >= 15 is 0 Å². The minimum atomic E-state index is -1.37. The zero-order valence-corrected chi connectivity index (χ0v) is 25.8.